The Morgan fingerprint density at radius 2 is 2.10 bits per heavy atom. The first kappa shape index (κ1) is 14.3. The van der Waals surface area contributed by atoms with Gasteiger partial charge in [-0.25, -0.2) is 9.78 Å². The second-order valence-corrected chi connectivity index (χ2v) is 4.52. The lowest BCUT2D eigenvalue weighted by molar-refractivity contribution is 0.0691. The van der Waals surface area contributed by atoms with Crippen LogP contribution in [0, 0.1) is 0 Å². The number of anilines is 1. The molecule has 0 spiro atoms. The fourth-order valence-corrected chi connectivity index (χ4v) is 2.04. The Morgan fingerprint density at radius 1 is 1.30 bits per heavy atom. The van der Waals surface area contributed by atoms with Crippen molar-refractivity contribution >= 4 is 22.6 Å². The van der Waals surface area contributed by atoms with Crippen molar-refractivity contribution in [1.29, 1.82) is 0 Å². The molecule has 0 bridgehead atoms. The zero-order chi connectivity index (χ0) is 14.4. The van der Waals surface area contributed by atoms with Crippen LogP contribution in [0.25, 0.3) is 10.8 Å². The van der Waals surface area contributed by atoms with Crippen LogP contribution in [0.3, 0.4) is 0 Å². The van der Waals surface area contributed by atoms with Crippen molar-refractivity contribution in [2.24, 2.45) is 0 Å². The summed E-state index contributed by atoms with van der Waals surface area (Å²) in [5, 5.41) is 17.4. The maximum Gasteiger partial charge on any atom is 0.354 e. The van der Waals surface area contributed by atoms with Crippen molar-refractivity contribution in [3.05, 3.63) is 36.0 Å². The molecule has 0 unspecified atom stereocenters. The second-order valence-electron chi connectivity index (χ2n) is 4.52. The van der Waals surface area contributed by atoms with Crippen molar-refractivity contribution in [1.82, 2.24) is 10.3 Å². The van der Waals surface area contributed by atoms with E-state index in [1.165, 1.54) is 0 Å². The van der Waals surface area contributed by atoms with Crippen LogP contribution in [0.4, 0.5) is 5.82 Å². The third-order valence-electron chi connectivity index (χ3n) is 3.03. The van der Waals surface area contributed by atoms with Crippen LogP contribution < -0.4 is 10.6 Å². The molecule has 2 rings (SSSR count). The Morgan fingerprint density at radius 3 is 2.85 bits per heavy atom. The number of nitrogens with one attached hydrogen (secondary N) is 2. The molecule has 2 aromatic rings. The van der Waals surface area contributed by atoms with E-state index in [0.717, 1.165) is 36.8 Å². The van der Waals surface area contributed by atoms with E-state index in [1.54, 1.807) is 6.07 Å². The molecule has 0 aliphatic carbocycles. The summed E-state index contributed by atoms with van der Waals surface area (Å²) in [5.41, 5.74) is 0.0675. The zero-order valence-electron chi connectivity index (χ0n) is 11.5. The summed E-state index contributed by atoms with van der Waals surface area (Å²) in [4.78, 5) is 15.3. The van der Waals surface area contributed by atoms with Crippen LogP contribution in [0.5, 0.6) is 0 Å². The van der Waals surface area contributed by atoms with Crippen LogP contribution in [0.15, 0.2) is 30.3 Å². The number of hydrogen-bond donors (Lipinski definition) is 3. The standard InChI is InChI=1S/C15H19N3O2/c1-2-16-8-5-9-17-14-12-7-4-3-6-11(12)10-13(18-14)15(19)20/h3-4,6-7,10,16H,2,5,8-9H2,1H3,(H,17,18)(H,19,20). The molecule has 1 aromatic carbocycles. The third kappa shape index (κ3) is 3.45. The van der Waals surface area contributed by atoms with E-state index in [1.807, 2.05) is 24.3 Å². The first-order valence-corrected chi connectivity index (χ1v) is 6.80. The van der Waals surface area contributed by atoms with Gasteiger partial charge in [0.1, 0.15) is 5.82 Å². The smallest absolute Gasteiger partial charge is 0.354 e. The summed E-state index contributed by atoms with van der Waals surface area (Å²) >= 11 is 0. The summed E-state index contributed by atoms with van der Waals surface area (Å²) in [6, 6.07) is 9.26. The largest absolute Gasteiger partial charge is 0.477 e. The van der Waals surface area contributed by atoms with Crippen LogP contribution in [0.1, 0.15) is 23.8 Å². The molecule has 0 fully saturated rings. The highest BCUT2D eigenvalue weighted by Gasteiger charge is 2.10. The molecule has 0 atom stereocenters. The van der Waals surface area contributed by atoms with Gasteiger partial charge in [0.2, 0.25) is 0 Å². The minimum atomic E-state index is -1.01. The van der Waals surface area contributed by atoms with E-state index in [-0.39, 0.29) is 5.69 Å². The van der Waals surface area contributed by atoms with E-state index in [4.69, 9.17) is 5.11 Å². The molecule has 106 valence electrons. The number of hydrogen-bond acceptors (Lipinski definition) is 4. The Balaban J connectivity index is 2.19. The van der Waals surface area contributed by atoms with Crippen molar-refractivity contribution in [3.63, 3.8) is 0 Å². The molecule has 0 amide bonds. The zero-order valence-corrected chi connectivity index (χ0v) is 11.5. The molecule has 5 heteroatoms. The number of aromatic nitrogens is 1. The average Bonchev–Trinajstić information content (AvgIpc) is 2.46. The molecule has 0 saturated carbocycles. The summed E-state index contributed by atoms with van der Waals surface area (Å²) in [6.07, 6.45) is 0.959. The molecule has 0 aliphatic rings. The number of fused-ring (bicyclic) bond motifs is 1. The van der Waals surface area contributed by atoms with Gasteiger partial charge in [0.05, 0.1) is 0 Å². The molecule has 3 N–H and O–H groups in total. The molecule has 5 nitrogen and oxygen atoms in total. The van der Waals surface area contributed by atoms with Crippen LogP contribution in [-0.4, -0.2) is 35.7 Å². The van der Waals surface area contributed by atoms with Gasteiger partial charge in [-0.15, -0.1) is 0 Å². The number of aromatic carboxylic acids is 1. The summed E-state index contributed by atoms with van der Waals surface area (Å²) < 4.78 is 0. The molecule has 1 heterocycles. The van der Waals surface area contributed by atoms with Gasteiger partial charge in [0, 0.05) is 11.9 Å². The third-order valence-corrected chi connectivity index (χ3v) is 3.03. The minimum absolute atomic E-state index is 0.0675. The van der Waals surface area contributed by atoms with Gasteiger partial charge in [0.25, 0.3) is 0 Å². The van der Waals surface area contributed by atoms with Gasteiger partial charge in [-0.2, -0.15) is 0 Å². The van der Waals surface area contributed by atoms with Gasteiger partial charge in [0.15, 0.2) is 5.69 Å². The number of carboxylic acid groups (broad SMARTS) is 1. The number of nitrogens with zero attached hydrogens (tertiary/aromatic N) is 1. The lowest BCUT2D eigenvalue weighted by Gasteiger charge is -2.10. The van der Waals surface area contributed by atoms with E-state index in [9.17, 15) is 4.79 Å². The van der Waals surface area contributed by atoms with Gasteiger partial charge < -0.3 is 15.7 Å². The maximum atomic E-state index is 11.1. The fourth-order valence-electron chi connectivity index (χ4n) is 2.04. The average molecular weight is 273 g/mol. The van der Waals surface area contributed by atoms with Crippen LogP contribution >= 0.6 is 0 Å². The number of benzene rings is 1. The van der Waals surface area contributed by atoms with Gasteiger partial charge in [-0.05, 0) is 31.0 Å². The number of rotatable bonds is 7. The van der Waals surface area contributed by atoms with Gasteiger partial charge >= 0.3 is 5.97 Å². The highest BCUT2D eigenvalue weighted by molar-refractivity contribution is 5.97. The molecular weight excluding hydrogens is 254 g/mol. The Bertz CT molecular complexity index is 599. The lowest BCUT2D eigenvalue weighted by atomic mass is 10.1. The van der Waals surface area contributed by atoms with E-state index in [0.29, 0.717) is 5.82 Å². The SMILES string of the molecule is CCNCCCNc1nc(C(=O)O)cc2ccccc12. The second kappa shape index (κ2) is 6.86. The summed E-state index contributed by atoms with van der Waals surface area (Å²) in [7, 11) is 0. The first-order valence-electron chi connectivity index (χ1n) is 6.80. The Labute approximate surface area is 118 Å². The normalized spacial score (nSPS) is 10.7. The van der Waals surface area contributed by atoms with Gasteiger partial charge in [-0.1, -0.05) is 31.2 Å². The molecule has 20 heavy (non-hydrogen) atoms. The number of pyridine rings is 1. The molecule has 1 aromatic heterocycles. The Hall–Kier alpha value is -2.14. The minimum Gasteiger partial charge on any atom is -0.477 e. The molecular formula is C15H19N3O2. The maximum absolute atomic E-state index is 11.1. The van der Waals surface area contributed by atoms with Crippen LogP contribution in [-0.2, 0) is 0 Å². The Kier molecular flexibility index (Phi) is 4.90. The van der Waals surface area contributed by atoms with E-state index < -0.39 is 5.97 Å². The number of carboxylic acids is 1. The highest BCUT2D eigenvalue weighted by Crippen LogP contribution is 2.22. The highest BCUT2D eigenvalue weighted by atomic mass is 16.4. The lowest BCUT2D eigenvalue weighted by Crippen LogP contribution is -2.17. The predicted molar refractivity (Wildman–Crippen MR) is 80.4 cm³/mol. The predicted octanol–water partition coefficient (Wildman–Crippen LogP) is 2.34. The quantitative estimate of drug-likeness (QED) is 0.675. The topological polar surface area (TPSA) is 74.2 Å². The summed E-state index contributed by atoms with van der Waals surface area (Å²) in [6.45, 7) is 4.71. The molecule has 0 aliphatic heterocycles. The molecule has 0 radical (unpaired) electrons. The van der Waals surface area contributed by atoms with Crippen molar-refractivity contribution in [3.8, 4) is 0 Å². The van der Waals surface area contributed by atoms with Crippen LogP contribution in [0.2, 0.25) is 0 Å². The monoisotopic (exact) mass is 273 g/mol. The fraction of sp³-hybridized carbons (Fsp3) is 0.333. The van der Waals surface area contributed by atoms with E-state index in [2.05, 4.69) is 22.5 Å². The number of carbonyl (C=O) groups is 1. The van der Waals surface area contributed by atoms with Crippen molar-refractivity contribution < 1.29 is 9.90 Å². The molecule has 0 saturated heterocycles. The van der Waals surface area contributed by atoms with Gasteiger partial charge in [-0.3, -0.25) is 0 Å². The van der Waals surface area contributed by atoms with Crippen molar-refractivity contribution in [2.45, 2.75) is 13.3 Å². The van der Waals surface area contributed by atoms with Crippen molar-refractivity contribution in [2.75, 3.05) is 25.0 Å². The summed E-state index contributed by atoms with van der Waals surface area (Å²) in [5.74, 6) is -0.372. The van der Waals surface area contributed by atoms with E-state index >= 15 is 0 Å². The first-order chi connectivity index (χ1) is 9.72.